The first-order chi connectivity index (χ1) is 21.9. The highest BCUT2D eigenvalue weighted by Gasteiger charge is 2.28. The summed E-state index contributed by atoms with van der Waals surface area (Å²) in [6.07, 6.45) is 5.93. The molecule has 6 rings (SSSR count). The molecular formula is C30H39BrN9O4PS. The molecule has 0 aliphatic carbocycles. The van der Waals surface area contributed by atoms with E-state index in [1.807, 2.05) is 12.1 Å². The van der Waals surface area contributed by atoms with E-state index in [2.05, 4.69) is 89.0 Å². The molecule has 2 aliphatic heterocycles. The van der Waals surface area contributed by atoms with E-state index in [-0.39, 0.29) is 0 Å². The van der Waals surface area contributed by atoms with Gasteiger partial charge in [0.25, 0.3) is 10.1 Å². The molecule has 16 heteroatoms. The minimum atomic E-state index is -3.67. The molecule has 2 aromatic carbocycles. The molecule has 0 atom stereocenters. The van der Waals surface area contributed by atoms with Crippen LogP contribution in [0.15, 0.2) is 47.3 Å². The van der Waals surface area contributed by atoms with Crippen molar-refractivity contribution in [1.29, 1.82) is 0 Å². The molecule has 46 heavy (non-hydrogen) atoms. The van der Waals surface area contributed by atoms with Crippen LogP contribution in [0.5, 0.6) is 5.75 Å². The lowest BCUT2D eigenvalue weighted by Crippen LogP contribution is -2.61. The molecule has 4 aromatic rings. The number of rotatable bonds is 8. The Morgan fingerprint density at radius 3 is 2.37 bits per heavy atom. The van der Waals surface area contributed by atoms with Crippen molar-refractivity contribution in [2.24, 2.45) is 0 Å². The fourth-order valence-corrected chi connectivity index (χ4v) is 6.98. The Hall–Kier alpha value is -3.20. The van der Waals surface area contributed by atoms with E-state index in [0.29, 0.717) is 24.1 Å². The summed E-state index contributed by atoms with van der Waals surface area (Å²) in [6, 6.07) is 8.97. The summed E-state index contributed by atoms with van der Waals surface area (Å²) in [5, 5.41) is 11.4. The Bertz CT molecular complexity index is 1800. The van der Waals surface area contributed by atoms with E-state index in [1.54, 1.807) is 25.7 Å². The predicted octanol–water partition coefficient (Wildman–Crippen LogP) is 3.95. The molecule has 13 nitrogen and oxygen atoms in total. The van der Waals surface area contributed by atoms with E-state index >= 15 is 0 Å². The van der Waals surface area contributed by atoms with E-state index in [1.165, 1.54) is 11.3 Å². The highest BCUT2D eigenvalue weighted by Crippen LogP contribution is 2.37. The third-order valence-electron chi connectivity index (χ3n) is 7.75. The van der Waals surface area contributed by atoms with Gasteiger partial charge in [-0.1, -0.05) is 7.92 Å². The molecule has 246 valence electrons. The zero-order valence-corrected chi connectivity index (χ0v) is 29.7. The average molecular weight is 733 g/mol. The van der Waals surface area contributed by atoms with Crippen molar-refractivity contribution in [3.8, 4) is 5.75 Å². The minimum absolute atomic E-state index is 0.458. The molecule has 0 bridgehead atoms. The number of fused-ring (bicyclic) bond motifs is 1. The van der Waals surface area contributed by atoms with Gasteiger partial charge in [0.15, 0.2) is 0 Å². The first kappa shape index (κ1) is 34.1. The lowest BCUT2D eigenvalue weighted by Gasteiger charge is -2.44. The number of hydrogen-bond acceptors (Lipinski definition) is 12. The van der Waals surface area contributed by atoms with Crippen LogP contribution in [-0.4, -0.2) is 110 Å². The van der Waals surface area contributed by atoms with Crippen LogP contribution in [0, 0.1) is 6.92 Å². The van der Waals surface area contributed by atoms with Crippen LogP contribution in [-0.2, 0) is 10.1 Å². The second-order valence-corrected chi connectivity index (χ2v) is 15.9. The van der Waals surface area contributed by atoms with Gasteiger partial charge in [-0.25, -0.2) is 4.98 Å². The Labute approximate surface area is 279 Å². The summed E-state index contributed by atoms with van der Waals surface area (Å²) in [6.45, 7) is 13.0. The smallest absolute Gasteiger partial charge is 0.261 e. The van der Waals surface area contributed by atoms with Gasteiger partial charge in [-0.3, -0.25) is 19.4 Å². The van der Waals surface area contributed by atoms with Gasteiger partial charge in [0.1, 0.15) is 11.6 Å². The summed E-state index contributed by atoms with van der Waals surface area (Å²) in [5.74, 6) is 1.90. The number of benzene rings is 2. The van der Waals surface area contributed by atoms with E-state index in [9.17, 15) is 8.42 Å². The number of anilines is 5. The fourth-order valence-electron chi connectivity index (χ4n) is 5.48. The fraction of sp³-hybridized carbons (Fsp3) is 0.400. The number of nitrogens with one attached hydrogen (secondary N) is 3. The summed E-state index contributed by atoms with van der Waals surface area (Å²) in [5.41, 5.74) is 5.99. The van der Waals surface area contributed by atoms with Crippen LogP contribution in [0.25, 0.3) is 11.0 Å². The van der Waals surface area contributed by atoms with Gasteiger partial charge < -0.3 is 25.6 Å². The van der Waals surface area contributed by atoms with Crippen molar-refractivity contribution in [1.82, 2.24) is 30.2 Å². The second-order valence-electron chi connectivity index (χ2n) is 11.3. The van der Waals surface area contributed by atoms with Crippen LogP contribution < -0.4 is 30.9 Å². The summed E-state index contributed by atoms with van der Waals surface area (Å²) >= 11 is 3.62. The maximum atomic E-state index is 9.19. The Balaban J connectivity index is 0.000000775. The standard InChI is InChI=1S/C29H35BrN9OP.CH4O3S/c1-18-13-23(25(40-2)14-24(18)39-11-9-38(10-12-39)19-15-31-16-19)36-29-34-17-20(30)28(37-29)35-22-6-5-21-26(27(22)41(3)4)33-8-7-32-21;1-5(2,3)4/h5-8,13-14,17,19,31H,9-12,15-16H2,1-4H3,(H2,34,35,36,37);1H3,(H,2,3,4). The summed E-state index contributed by atoms with van der Waals surface area (Å²) in [4.78, 5) is 23.5. The van der Waals surface area contributed by atoms with Gasteiger partial charge in [-0.05, 0) is 59.9 Å². The lowest BCUT2D eigenvalue weighted by molar-refractivity contribution is 0.138. The highest BCUT2D eigenvalue weighted by atomic mass is 79.9. The molecular weight excluding hydrogens is 693 g/mol. The van der Waals surface area contributed by atoms with Crippen molar-refractivity contribution in [3.63, 3.8) is 0 Å². The van der Waals surface area contributed by atoms with Crippen molar-refractivity contribution in [2.75, 3.05) is 81.5 Å². The second kappa shape index (κ2) is 14.7. The van der Waals surface area contributed by atoms with Crippen molar-refractivity contribution >= 4 is 79.1 Å². The number of methoxy groups -OCH3 is 1. The van der Waals surface area contributed by atoms with Gasteiger partial charge in [0.2, 0.25) is 5.95 Å². The molecule has 0 radical (unpaired) electrons. The zero-order chi connectivity index (χ0) is 33.0. The van der Waals surface area contributed by atoms with Crippen LogP contribution in [0.4, 0.5) is 28.8 Å². The van der Waals surface area contributed by atoms with Crippen LogP contribution in [0.3, 0.4) is 0 Å². The largest absolute Gasteiger partial charge is 0.494 e. The number of aryl methyl sites for hydroxylation is 1. The molecule has 0 amide bonds. The van der Waals surface area contributed by atoms with E-state index in [4.69, 9.17) is 14.3 Å². The summed E-state index contributed by atoms with van der Waals surface area (Å²) in [7, 11) is -2.42. The zero-order valence-electron chi connectivity index (χ0n) is 26.5. The highest BCUT2D eigenvalue weighted by molar-refractivity contribution is 9.10. The normalized spacial score (nSPS) is 15.7. The van der Waals surface area contributed by atoms with Gasteiger partial charge in [-0.15, -0.1) is 0 Å². The molecule has 4 heterocycles. The summed E-state index contributed by atoms with van der Waals surface area (Å²) < 4.78 is 32.5. The first-order valence-electron chi connectivity index (χ1n) is 14.7. The molecule has 0 unspecified atom stereocenters. The predicted molar refractivity (Wildman–Crippen MR) is 190 cm³/mol. The van der Waals surface area contributed by atoms with Gasteiger partial charge in [-0.2, -0.15) is 13.4 Å². The van der Waals surface area contributed by atoms with E-state index in [0.717, 1.165) is 77.2 Å². The van der Waals surface area contributed by atoms with Gasteiger partial charge in [0, 0.05) is 86.6 Å². The Morgan fingerprint density at radius 1 is 1.04 bits per heavy atom. The lowest BCUT2D eigenvalue weighted by atomic mass is 10.1. The van der Waals surface area contributed by atoms with Gasteiger partial charge >= 0.3 is 0 Å². The quantitative estimate of drug-likeness (QED) is 0.153. The Morgan fingerprint density at radius 2 is 1.74 bits per heavy atom. The molecule has 0 saturated carbocycles. The maximum absolute atomic E-state index is 9.19. The third-order valence-corrected chi connectivity index (χ3v) is 9.68. The number of hydrogen-bond donors (Lipinski definition) is 4. The third kappa shape index (κ3) is 8.38. The molecule has 2 aromatic heterocycles. The molecule has 0 spiro atoms. The molecule has 2 saturated heterocycles. The van der Waals surface area contributed by atoms with Crippen LogP contribution in [0.2, 0.25) is 0 Å². The van der Waals surface area contributed by atoms with Crippen molar-refractivity contribution in [2.45, 2.75) is 13.0 Å². The van der Waals surface area contributed by atoms with E-state index < -0.39 is 18.0 Å². The average Bonchev–Trinajstić information content (AvgIpc) is 2.97. The SMILES string of the molecule is COc1cc(N2CCN(C3CNC3)CC2)c(C)cc1Nc1ncc(Br)c(Nc2ccc3nccnc3c2P(C)C)n1.CS(=O)(=O)O. The first-order valence-corrected chi connectivity index (χ1v) is 19.6. The monoisotopic (exact) mass is 731 g/mol. The maximum Gasteiger partial charge on any atom is 0.261 e. The molecule has 2 fully saturated rings. The number of ether oxygens (including phenoxy) is 1. The van der Waals surface area contributed by atoms with Gasteiger partial charge in [0.05, 0.1) is 34.6 Å². The number of nitrogens with zero attached hydrogens (tertiary/aromatic N) is 6. The Kier molecular flexibility index (Phi) is 10.9. The molecule has 4 N–H and O–H groups in total. The minimum Gasteiger partial charge on any atom is -0.494 e. The number of aromatic nitrogens is 4. The van der Waals surface area contributed by atoms with Crippen LogP contribution in [0.1, 0.15) is 5.56 Å². The molecule has 2 aliphatic rings. The van der Waals surface area contributed by atoms with Crippen molar-refractivity contribution < 1.29 is 17.7 Å². The van der Waals surface area contributed by atoms with Crippen LogP contribution >= 0.6 is 23.9 Å². The number of halogens is 1. The topological polar surface area (TPSA) is 158 Å². The number of piperazine rings is 1. The van der Waals surface area contributed by atoms with Crippen molar-refractivity contribution in [3.05, 3.63) is 52.9 Å².